The van der Waals surface area contributed by atoms with E-state index < -0.39 is 39.2 Å². The lowest BCUT2D eigenvalue weighted by atomic mass is 10.1. The van der Waals surface area contributed by atoms with Crippen LogP contribution in [0.15, 0.2) is 18.2 Å². The van der Waals surface area contributed by atoms with Crippen LogP contribution in [-0.4, -0.2) is 35.1 Å². The molecule has 19 heavy (non-hydrogen) atoms. The van der Waals surface area contributed by atoms with Crippen molar-refractivity contribution in [2.45, 2.75) is 0 Å². The first-order valence-corrected chi connectivity index (χ1v) is 5.34. The van der Waals surface area contributed by atoms with Gasteiger partial charge in [-0.25, -0.2) is 9.59 Å². The summed E-state index contributed by atoms with van der Waals surface area (Å²) in [5.41, 5.74) is -0.966. The number of hydrogen-bond donors (Lipinski definition) is 3. The molecule has 2 unspecified atom stereocenters. The summed E-state index contributed by atoms with van der Waals surface area (Å²) in [6, 6.07) is 2.35. The van der Waals surface area contributed by atoms with Gasteiger partial charge in [0.05, 0.1) is 11.1 Å². The Balaban J connectivity index is 0. The zero-order valence-corrected chi connectivity index (χ0v) is 13.1. The van der Waals surface area contributed by atoms with Crippen LogP contribution in [0.5, 0.6) is 5.75 Å². The molecule has 0 saturated carbocycles. The smallest absolute Gasteiger partial charge is 0.446 e. The van der Waals surface area contributed by atoms with Crippen LogP contribution in [0.1, 0.15) is 20.7 Å². The second-order valence-electron chi connectivity index (χ2n) is 2.87. The van der Waals surface area contributed by atoms with Crippen molar-refractivity contribution in [2.24, 2.45) is 0 Å². The number of carboxylic acid groups (broad SMARTS) is 2. The fourth-order valence-electron chi connectivity index (χ4n) is 1.02. The minimum absolute atomic E-state index is 0. The highest BCUT2D eigenvalue weighted by Gasteiger charge is 2.15. The maximum atomic E-state index is 10.6. The standard InChI is InChI=1S/C8H6O8S.2H3P/c9-7(10)4-1-5(8(11)12)3-6(2-4)16-17(13,14)15;;/h1-3H,(H,9,10)(H,11,12)(H,13,14,15);2*1H3. The molecule has 0 amide bonds. The summed E-state index contributed by atoms with van der Waals surface area (Å²) < 4.78 is 33.2. The highest BCUT2D eigenvalue weighted by Crippen LogP contribution is 2.19. The van der Waals surface area contributed by atoms with E-state index in [2.05, 4.69) is 4.18 Å². The molecule has 0 aliphatic rings. The predicted molar refractivity (Wildman–Crippen MR) is 74.7 cm³/mol. The van der Waals surface area contributed by atoms with E-state index in [4.69, 9.17) is 14.8 Å². The van der Waals surface area contributed by atoms with Gasteiger partial charge in [0.15, 0.2) is 0 Å². The zero-order chi connectivity index (χ0) is 13.2. The first kappa shape index (κ1) is 20.1. The Morgan fingerprint density at radius 1 is 0.947 bits per heavy atom. The summed E-state index contributed by atoms with van der Waals surface area (Å²) in [7, 11) is -4.85. The van der Waals surface area contributed by atoms with E-state index in [0.717, 1.165) is 18.2 Å². The van der Waals surface area contributed by atoms with Gasteiger partial charge in [-0.15, -0.1) is 0 Å². The predicted octanol–water partition coefficient (Wildman–Crippen LogP) is 0.381. The summed E-state index contributed by atoms with van der Waals surface area (Å²) in [5.74, 6) is -3.54. The molecule has 2 atom stereocenters. The van der Waals surface area contributed by atoms with Gasteiger partial charge >= 0.3 is 22.3 Å². The molecule has 0 bridgehead atoms. The summed E-state index contributed by atoms with van der Waals surface area (Å²) >= 11 is 0. The topological polar surface area (TPSA) is 138 Å². The molecule has 0 radical (unpaired) electrons. The van der Waals surface area contributed by atoms with Crippen molar-refractivity contribution >= 4 is 42.1 Å². The molecule has 0 aromatic heterocycles. The van der Waals surface area contributed by atoms with E-state index in [0.29, 0.717) is 0 Å². The van der Waals surface area contributed by atoms with E-state index in [9.17, 15) is 18.0 Å². The molecule has 1 rings (SSSR count). The number of benzene rings is 1. The number of rotatable bonds is 4. The fraction of sp³-hybridized carbons (Fsp3) is 0. The minimum Gasteiger partial charge on any atom is -0.478 e. The van der Waals surface area contributed by atoms with Gasteiger partial charge in [-0.05, 0) is 18.2 Å². The van der Waals surface area contributed by atoms with Crippen molar-refractivity contribution in [1.29, 1.82) is 0 Å². The van der Waals surface area contributed by atoms with Crippen molar-refractivity contribution in [3.63, 3.8) is 0 Å². The molecular formula is C8H12O8P2S. The summed E-state index contributed by atoms with van der Waals surface area (Å²) in [4.78, 5) is 21.3. The van der Waals surface area contributed by atoms with Gasteiger partial charge < -0.3 is 14.4 Å². The number of carbonyl (C=O) groups is 2. The van der Waals surface area contributed by atoms with Gasteiger partial charge in [0, 0.05) is 0 Å². The highest BCUT2D eigenvalue weighted by atomic mass is 32.3. The van der Waals surface area contributed by atoms with E-state index >= 15 is 0 Å². The van der Waals surface area contributed by atoms with Gasteiger partial charge in [-0.1, -0.05) is 0 Å². The summed E-state index contributed by atoms with van der Waals surface area (Å²) in [6.07, 6.45) is 0. The lowest BCUT2D eigenvalue weighted by molar-refractivity contribution is 0.0696. The van der Waals surface area contributed by atoms with Crippen molar-refractivity contribution in [2.75, 3.05) is 0 Å². The Kier molecular flexibility index (Phi) is 7.76. The Bertz CT molecular complexity index is 550. The third-order valence-electron chi connectivity index (χ3n) is 1.60. The largest absolute Gasteiger partial charge is 0.478 e. The Morgan fingerprint density at radius 3 is 1.58 bits per heavy atom. The normalized spacial score (nSPS) is 9.74. The molecule has 1 aromatic carbocycles. The lowest BCUT2D eigenvalue weighted by Crippen LogP contribution is -2.09. The SMILES string of the molecule is O=C(O)c1cc(OS(=O)(=O)O)cc(C(=O)O)c1.P.P. The Hall–Kier alpha value is -1.27. The third kappa shape index (κ3) is 6.45. The Morgan fingerprint density at radius 2 is 1.32 bits per heavy atom. The van der Waals surface area contributed by atoms with Crippen LogP contribution in [0.2, 0.25) is 0 Å². The number of hydrogen-bond acceptors (Lipinski definition) is 5. The average Bonchev–Trinajstić information content (AvgIpc) is 2.14. The van der Waals surface area contributed by atoms with Crippen LogP contribution in [0.3, 0.4) is 0 Å². The second-order valence-corrected chi connectivity index (χ2v) is 3.89. The van der Waals surface area contributed by atoms with Crippen molar-refractivity contribution in [3.05, 3.63) is 29.3 Å². The fourth-order valence-corrected chi connectivity index (χ4v) is 1.36. The molecule has 0 saturated heterocycles. The first-order chi connectivity index (χ1) is 7.69. The zero-order valence-electron chi connectivity index (χ0n) is 9.44. The number of aromatic carboxylic acids is 2. The van der Waals surface area contributed by atoms with Gasteiger partial charge in [0.2, 0.25) is 0 Å². The van der Waals surface area contributed by atoms with Crippen molar-refractivity contribution in [3.8, 4) is 5.75 Å². The van der Waals surface area contributed by atoms with Gasteiger partial charge in [0.25, 0.3) is 0 Å². The van der Waals surface area contributed by atoms with Crippen LogP contribution in [-0.2, 0) is 10.4 Å². The monoisotopic (exact) mass is 330 g/mol. The molecule has 3 N–H and O–H groups in total. The molecule has 0 spiro atoms. The van der Waals surface area contributed by atoms with Gasteiger partial charge in [0.1, 0.15) is 5.75 Å². The molecule has 8 nitrogen and oxygen atoms in total. The van der Waals surface area contributed by atoms with Crippen LogP contribution < -0.4 is 4.18 Å². The Labute approximate surface area is 115 Å². The average molecular weight is 330 g/mol. The van der Waals surface area contributed by atoms with E-state index in [1.54, 1.807) is 0 Å². The van der Waals surface area contributed by atoms with Crippen molar-refractivity contribution in [1.82, 2.24) is 0 Å². The van der Waals surface area contributed by atoms with Crippen LogP contribution >= 0.6 is 19.8 Å². The number of carboxylic acids is 2. The van der Waals surface area contributed by atoms with Crippen LogP contribution in [0, 0.1) is 0 Å². The molecule has 108 valence electrons. The van der Waals surface area contributed by atoms with Gasteiger partial charge in [-0.2, -0.15) is 28.2 Å². The molecule has 1 aromatic rings. The van der Waals surface area contributed by atoms with Gasteiger partial charge in [-0.3, -0.25) is 4.55 Å². The highest BCUT2D eigenvalue weighted by molar-refractivity contribution is 7.81. The minimum atomic E-state index is -4.85. The van der Waals surface area contributed by atoms with Crippen LogP contribution in [0.25, 0.3) is 0 Å². The quantitative estimate of drug-likeness (QED) is 0.532. The molecule has 0 fully saturated rings. The summed E-state index contributed by atoms with van der Waals surface area (Å²) in [5, 5.41) is 17.3. The maximum absolute atomic E-state index is 10.6. The molecule has 0 aliphatic carbocycles. The van der Waals surface area contributed by atoms with E-state index in [1.807, 2.05) is 0 Å². The van der Waals surface area contributed by atoms with E-state index in [-0.39, 0.29) is 19.8 Å². The molecule has 11 heteroatoms. The van der Waals surface area contributed by atoms with E-state index in [1.165, 1.54) is 0 Å². The lowest BCUT2D eigenvalue weighted by Gasteiger charge is -2.04. The van der Waals surface area contributed by atoms with Crippen LogP contribution in [0.4, 0.5) is 0 Å². The van der Waals surface area contributed by atoms with Crippen molar-refractivity contribution < 1.29 is 37.0 Å². The maximum Gasteiger partial charge on any atom is 0.446 e. The first-order valence-electron chi connectivity index (χ1n) is 3.97. The third-order valence-corrected chi connectivity index (χ3v) is 2.01. The molecular weight excluding hydrogens is 318 g/mol. The molecule has 0 aliphatic heterocycles. The molecule has 0 heterocycles. The summed E-state index contributed by atoms with van der Waals surface area (Å²) in [6.45, 7) is 0. The second kappa shape index (κ2) is 7.35.